The van der Waals surface area contributed by atoms with Gasteiger partial charge in [0, 0.05) is 12.1 Å². The van der Waals surface area contributed by atoms with Crippen molar-refractivity contribution < 1.29 is 14.3 Å². The molecule has 0 spiro atoms. The van der Waals surface area contributed by atoms with E-state index in [0.717, 1.165) is 28.8 Å². The second kappa shape index (κ2) is 9.55. The fourth-order valence-corrected chi connectivity index (χ4v) is 4.06. The van der Waals surface area contributed by atoms with Crippen LogP contribution in [0, 0.1) is 0 Å². The van der Waals surface area contributed by atoms with Crippen LogP contribution in [0.2, 0.25) is 0 Å². The summed E-state index contributed by atoms with van der Waals surface area (Å²) in [6.07, 6.45) is 2.06. The van der Waals surface area contributed by atoms with E-state index in [0.29, 0.717) is 35.9 Å². The zero-order valence-corrected chi connectivity index (χ0v) is 17.4. The number of thiazole rings is 1. The van der Waals surface area contributed by atoms with Gasteiger partial charge in [-0.25, -0.2) is 0 Å². The normalized spacial score (nSPS) is 11.8. The first-order valence-electron chi connectivity index (χ1n) is 9.75. The first-order valence-corrected chi connectivity index (χ1v) is 10.6. The van der Waals surface area contributed by atoms with Crippen molar-refractivity contribution >= 4 is 27.5 Å². The molecule has 0 aliphatic carbocycles. The van der Waals surface area contributed by atoms with Crippen LogP contribution >= 0.6 is 11.3 Å². The molecule has 0 unspecified atom stereocenters. The molecule has 0 bridgehead atoms. The van der Waals surface area contributed by atoms with E-state index < -0.39 is 0 Å². The fraction of sp³-hybridized carbons (Fsp3) is 0.364. The smallest absolute Gasteiger partial charge is 0.279 e. The molecular weight excluding hydrogens is 372 g/mol. The van der Waals surface area contributed by atoms with E-state index in [2.05, 4.69) is 11.9 Å². The summed E-state index contributed by atoms with van der Waals surface area (Å²) in [5.41, 5.74) is 1.51. The Morgan fingerprint density at radius 3 is 2.68 bits per heavy atom. The number of amides is 1. The van der Waals surface area contributed by atoms with Crippen LogP contribution in [0.5, 0.6) is 11.5 Å². The Morgan fingerprint density at radius 2 is 1.93 bits per heavy atom. The van der Waals surface area contributed by atoms with Crippen molar-refractivity contribution in [3.8, 4) is 11.5 Å². The van der Waals surface area contributed by atoms with E-state index in [1.807, 2.05) is 48.7 Å². The summed E-state index contributed by atoms with van der Waals surface area (Å²) in [6, 6.07) is 13.2. The van der Waals surface area contributed by atoms with Crippen LogP contribution in [0.1, 0.15) is 44.0 Å². The Kier molecular flexibility index (Phi) is 6.87. The molecule has 0 atom stereocenters. The van der Waals surface area contributed by atoms with Gasteiger partial charge in [0.15, 0.2) is 4.80 Å². The van der Waals surface area contributed by atoms with Gasteiger partial charge in [-0.15, -0.1) is 0 Å². The van der Waals surface area contributed by atoms with E-state index >= 15 is 0 Å². The van der Waals surface area contributed by atoms with E-state index in [-0.39, 0.29) is 5.91 Å². The van der Waals surface area contributed by atoms with Crippen molar-refractivity contribution in [2.45, 2.75) is 40.2 Å². The number of rotatable bonds is 8. The van der Waals surface area contributed by atoms with Crippen molar-refractivity contribution in [2.75, 3.05) is 13.2 Å². The first-order chi connectivity index (χ1) is 13.7. The van der Waals surface area contributed by atoms with Crippen LogP contribution in [0.3, 0.4) is 0 Å². The average molecular weight is 399 g/mol. The molecule has 1 aromatic heterocycles. The quantitative estimate of drug-likeness (QED) is 0.500. The lowest BCUT2D eigenvalue weighted by molar-refractivity contribution is 0.0997. The summed E-state index contributed by atoms with van der Waals surface area (Å²) in [5, 5.41) is 0. The van der Waals surface area contributed by atoms with Gasteiger partial charge >= 0.3 is 0 Å². The molecule has 0 aliphatic heterocycles. The second-order valence-electron chi connectivity index (χ2n) is 6.31. The summed E-state index contributed by atoms with van der Waals surface area (Å²) < 4.78 is 14.6. The van der Waals surface area contributed by atoms with Gasteiger partial charge in [-0.05, 0) is 50.6 Å². The summed E-state index contributed by atoms with van der Waals surface area (Å²) in [6.45, 7) is 8.07. The molecule has 148 valence electrons. The maximum atomic E-state index is 12.8. The van der Waals surface area contributed by atoms with Crippen molar-refractivity contribution in [1.29, 1.82) is 0 Å². The number of hydrogen-bond donors (Lipinski definition) is 0. The minimum atomic E-state index is -0.271. The van der Waals surface area contributed by atoms with Gasteiger partial charge in [0.2, 0.25) is 0 Å². The van der Waals surface area contributed by atoms with Gasteiger partial charge in [0.05, 0.1) is 17.9 Å². The molecule has 6 heteroatoms. The Morgan fingerprint density at radius 1 is 1.11 bits per heavy atom. The van der Waals surface area contributed by atoms with Crippen molar-refractivity contribution in [1.82, 2.24) is 4.57 Å². The lowest BCUT2D eigenvalue weighted by Crippen LogP contribution is -2.16. The van der Waals surface area contributed by atoms with E-state index in [9.17, 15) is 4.79 Å². The summed E-state index contributed by atoms with van der Waals surface area (Å²) in [5.74, 6) is 1.25. The number of aryl methyl sites for hydroxylation is 1. The second-order valence-corrected chi connectivity index (χ2v) is 7.32. The number of benzene rings is 2. The Labute approximate surface area is 169 Å². The Bertz CT molecular complexity index is 1020. The molecule has 0 aliphatic rings. The highest BCUT2D eigenvalue weighted by Gasteiger charge is 2.12. The average Bonchev–Trinajstić information content (AvgIpc) is 3.06. The molecule has 5 nitrogen and oxygen atoms in total. The predicted octanol–water partition coefficient (Wildman–Crippen LogP) is 5.04. The van der Waals surface area contributed by atoms with Gasteiger partial charge in [-0.3, -0.25) is 4.79 Å². The molecule has 0 radical (unpaired) electrons. The lowest BCUT2D eigenvalue weighted by atomic mass is 10.2. The fourth-order valence-electron chi connectivity index (χ4n) is 2.95. The van der Waals surface area contributed by atoms with E-state index in [1.54, 1.807) is 12.1 Å². The van der Waals surface area contributed by atoms with E-state index in [1.165, 1.54) is 11.3 Å². The van der Waals surface area contributed by atoms with Crippen LogP contribution in [-0.2, 0) is 6.54 Å². The van der Waals surface area contributed by atoms with Gasteiger partial charge in [-0.2, -0.15) is 4.99 Å². The lowest BCUT2D eigenvalue weighted by Gasteiger charge is -2.07. The molecule has 0 saturated carbocycles. The number of carbonyl (C=O) groups excluding carboxylic acids is 1. The number of aromatic nitrogens is 1. The number of fused-ring (bicyclic) bond motifs is 1. The number of hydrogen-bond acceptors (Lipinski definition) is 4. The minimum absolute atomic E-state index is 0.271. The number of para-hydroxylation sites is 1. The van der Waals surface area contributed by atoms with E-state index in [4.69, 9.17) is 9.47 Å². The molecule has 0 N–H and O–H groups in total. The van der Waals surface area contributed by atoms with Crippen molar-refractivity contribution in [3.05, 3.63) is 52.8 Å². The summed E-state index contributed by atoms with van der Waals surface area (Å²) >= 11 is 1.50. The maximum absolute atomic E-state index is 12.8. The topological polar surface area (TPSA) is 52.8 Å². The highest BCUT2D eigenvalue weighted by molar-refractivity contribution is 7.16. The van der Waals surface area contributed by atoms with Crippen LogP contribution in [0.25, 0.3) is 10.2 Å². The van der Waals surface area contributed by atoms with Gasteiger partial charge in [0.25, 0.3) is 5.91 Å². The first kappa shape index (κ1) is 20.1. The SMILES string of the molecule is CCCCOc1cccc(C(=O)N=c2sc3cccc(OCC)c3n2CC)c1. The summed E-state index contributed by atoms with van der Waals surface area (Å²) in [4.78, 5) is 17.9. The zero-order chi connectivity index (χ0) is 19.9. The number of nitrogens with zero attached hydrogens (tertiary/aromatic N) is 2. The highest BCUT2D eigenvalue weighted by Crippen LogP contribution is 2.27. The molecular formula is C22H26N2O3S. The van der Waals surface area contributed by atoms with Gasteiger partial charge in [0.1, 0.15) is 17.0 Å². The Balaban J connectivity index is 1.97. The van der Waals surface area contributed by atoms with Gasteiger partial charge < -0.3 is 14.0 Å². The third-order valence-corrected chi connectivity index (χ3v) is 5.37. The largest absolute Gasteiger partial charge is 0.494 e. The van der Waals surface area contributed by atoms with Crippen LogP contribution < -0.4 is 14.3 Å². The number of unbranched alkanes of at least 4 members (excludes halogenated alkanes) is 1. The predicted molar refractivity (Wildman–Crippen MR) is 113 cm³/mol. The maximum Gasteiger partial charge on any atom is 0.279 e. The molecule has 1 heterocycles. The third kappa shape index (κ3) is 4.44. The van der Waals surface area contributed by atoms with Crippen molar-refractivity contribution in [2.24, 2.45) is 4.99 Å². The Hall–Kier alpha value is -2.60. The molecule has 1 amide bonds. The highest BCUT2D eigenvalue weighted by atomic mass is 32.1. The third-order valence-electron chi connectivity index (χ3n) is 4.32. The number of carbonyl (C=O) groups is 1. The summed E-state index contributed by atoms with van der Waals surface area (Å²) in [7, 11) is 0. The standard InChI is InChI=1S/C22H26N2O3S/c1-4-7-14-27-17-11-8-10-16(15-17)21(25)23-22-24(5-2)20-18(26-6-3)12-9-13-19(20)28-22/h8-13,15H,4-7,14H2,1-3H3. The molecule has 2 aromatic carbocycles. The van der Waals surface area contributed by atoms with Crippen LogP contribution in [-0.4, -0.2) is 23.7 Å². The van der Waals surface area contributed by atoms with Crippen molar-refractivity contribution in [3.63, 3.8) is 0 Å². The molecule has 0 saturated heterocycles. The molecule has 3 aromatic rings. The minimum Gasteiger partial charge on any atom is -0.494 e. The monoisotopic (exact) mass is 398 g/mol. The van der Waals surface area contributed by atoms with Crippen LogP contribution in [0.4, 0.5) is 0 Å². The van der Waals surface area contributed by atoms with Gasteiger partial charge in [-0.1, -0.05) is 36.8 Å². The zero-order valence-electron chi connectivity index (χ0n) is 16.6. The molecule has 0 fully saturated rings. The van der Waals surface area contributed by atoms with Crippen LogP contribution in [0.15, 0.2) is 47.5 Å². The number of ether oxygens (including phenoxy) is 2. The molecule has 28 heavy (non-hydrogen) atoms. The molecule has 3 rings (SSSR count).